The van der Waals surface area contributed by atoms with Crippen LogP contribution in [-0.4, -0.2) is 19.6 Å². The van der Waals surface area contributed by atoms with Crippen molar-refractivity contribution in [3.05, 3.63) is 65.2 Å². The molecule has 0 amide bonds. The molecule has 0 atom stereocenters. The van der Waals surface area contributed by atoms with Gasteiger partial charge in [-0.15, -0.1) is 0 Å². The predicted octanol–water partition coefficient (Wildman–Crippen LogP) is 2.24. The predicted molar refractivity (Wildman–Crippen MR) is 76.5 cm³/mol. The second-order valence-corrected chi connectivity index (χ2v) is 4.56. The van der Waals surface area contributed by atoms with E-state index in [1.807, 2.05) is 36.4 Å². The number of fused-ring (bicyclic) bond motifs is 2. The molecule has 0 unspecified atom stereocenters. The number of pyridine rings is 1. The smallest absolute Gasteiger partial charge is 0.272 e. The molecule has 1 N–H and O–H groups in total. The minimum atomic E-state index is -0.122. The number of hydrogen-bond donors (Lipinski definition) is 1. The van der Waals surface area contributed by atoms with Crippen LogP contribution in [-0.2, 0) is 0 Å². The van der Waals surface area contributed by atoms with E-state index in [1.165, 1.54) is 16.8 Å². The van der Waals surface area contributed by atoms with Crippen LogP contribution in [0.25, 0.3) is 27.8 Å². The zero-order valence-electron chi connectivity index (χ0n) is 10.4. The fraction of sp³-hybridized carbons (Fsp3) is 0. The van der Waals surface area contributed by atoms with Gasteiger partial charge in [0, 0.05) is 35.5 Å². The second-order valence-electron chi connectivity index (χ2n) is 4.56. The van der Waals surface area contributed by atoms with Crippen molar-refractivity contribution in [2.24, 2.45) is 0 Å². The molecule has 0 aliphatic heterocycles. The first-order valence-corrected chi connectivity index (χ1v) is 6.23. The Hall–Kier alpha value is -2.95. The van der Waals surface area contributed by atoms with E-state index in [0.717, 1.165) is 22.2 Å². The first kappa shape index (κ1) is 10.9. The van der Waals surface area contributed by atoms with Gasteiger partial charge in [-0.1, -0.05) is 12.1 Å². The SMILES string of the molecule is O=c1ccnc2cc(-c3ccc4ncccc4c3)[nH]n12. The zero-order valence-corrected chi connectivity index (χ0v) is 10.4. The van der Waals surface area contributed by atoms with E-state index in [0.29, 0.717) is 5.65 Å². The highest BCUT2D eigenvalue weighted by Crippen LogP contribution is 2.22. The van der Waals surface area contributed by atoms with Gasteiger partial charge in [-0.2, -0.15) is 0 Å². The standard InChI is InChI=1S/C15H10N4O/c20-15-5-7-17-14-9-13(18-19(14)15)11-3-4-12-10(8-11)2-1-6-16-12/h1-9,18H. The van der Waals surface area contributed by atoms with Crippen LogP contribution in [0.4, 0.5) is 0 Å². The number of nitrogens with one attached hydrogen (secondary N) is 1. The summed E-state index contributed by atoms with van der Waals surface area (Å²) in [4.78, 5) is 20.2. The van der Waals surface area contributed by atoms with E-state index in [2.05, 4.69) is 15.1 Å². The van der Waals surface area contributed by atoms with Crippen molar-refractivity contribution in [3.8, 4) is 11.3 Å². The van der Waals surface area contributed by atoms with Gasteiger partial charge in [-0.05, 0) is 18.2 Å². The highest BCUT2D eigenvalue weighted by atomic mass is 16.1. The largest absolute Gasteiger partial charge is 0.289 e. The maximum absolute atomic E-state index is 11.7. The summed E-state index contributed by atoms with van der Waals surface area (Å²) >= 11 is 0. The monoisotopic (exact) mass is 262 g/mol. The number of H-pyrrole nitrogens is 1. The molecule has 0 aliphatic carbocycles. The zero-order chi connectivity index (χ0) is 13.5. The third kappa shape index (κ3) is 1.60. The molecule has 0 spiro atoms. The molecule has 3 heterocycles. The van der Waals surface area contributed by atoms with E-state index in [1.54, 1.807) is 6.20 Å². The van der Waals surface area contributed by atoms with E-state index in [4.69, 9.17) is 0 Å². The van der Waals surface area contributed by atoms with Gasteiger partial charge in [0.05, 0.1) is 11.2 Å². The minimum Gasteiger partial charge on any atom is -0.289 e. The number of nitrogens with zero attached hydrogens (tertiary/aromatic N) is 3. The van der Waals surface area contributed by atoms with Gasteiger partial charge in [0.15, 0.2) is 5.65 Å². The van der Waals surface area contributed by atoms with Crippen LogP contribution in [0.15, 0.2) is 59.7 Å². The second kappa shape index (κ2) is 4.03. The molecule has 0 bridgehead atoms. The van der Waals surface area contributed by atoms with Crippen molar-refractivity contribution in [2.45, 2.75) is 0 Å². The summed E-state index contributed by atoms with van der Waals surface area (Å²) in [6.07, 6.45) is 3.29. The van der Waals surface area contributed by atoms with Gasteiger partial charge in [0.1, 0.15) is 0 Å². The highest BCUT2D eigenvalue weighted by Gasteiger charge is 2.06. The Labute approximate surface area is 113 Å². The van der Waals surface area contributed by atoms with E-state index in [9.17, 15) is 4.79 Å². The maximum atomic E-state index is 11.7. The Morgan fingerprint density at radius 2 is 1.95 bits per heavy atom. The molecule has 0 saturated heterocycles. The van der Waals surface area contributed by atoms with E-state index >= 15 is 0 Å². The van der Waals surface area contributed by atoms with Gasteiger partial charge in [-0.3, -0.25) is 14.9 Å². The molecule has 0 fully saturated rings. The minimum absolute atomic E-state index is 0.122. The highest BCUT2D eigenvalue weighted by molar-refractivity contribution is 5.84. The first-order valence-electron chi connectivity index (χ1n) is 6.23. The van der Waals surface area contributed by atoms with Gasteiger partial charge in [-0.25, -0.2) is 9.50 Å². The van der Waals surface area contributed by atoms with Crippen molar-refractivity contribution >= 4 is 16.6 Å². The maximum Gasteiger partial charge on any atom is 0.272 e. The number of rotatable bonds is 1. The normalized spacial score (nSPS) is 11.2. The summed E-state index contributed by atoms with van der Waals surface area (Å²) in [6.45, 7) is 0. The van der Waals surface area contributed by atoms with Crippen molar-refractivity contribution in [3.63, 3.8) is 0 Å². The van der Waals surface area contributed by atoms with Gasteiger partial charge in [0.2, 0.25) is 0 Å². The van der Waals surface area contributed by atoms with Crippen LogP contribution < -0.4 is 5.56 Å². The Balaban J connectivity index is 1.96. The molecule has 96 valence electrons. The Kier molecular flexibility index (Phi) is 2.20. The van der Waals surface area contributed by atoms with Crippen LogP contribution in [0.5, 0.6) is 0 Å². The van der Waals surface area contributed by atoms with Gasteiger partial charge in [0.25, 0.3) is 5.56 Å². The summed E-state index contributed by atoms with van der Waals surface area (Å²) in [6, 6.07) is 13.2. The molecule has 3 aromatic heterocycles. The number of aromatic nitrogens is 4. The van der Waals surface area contributed by atoms with Crippen LogP contribution in [0.1, 0.15) is 0 Å². The Morgan fingerprint density at radius 1 is 1.00 bits per heavy atom. The summed E-state index contributed by atoms with van der Waals surface area (Å²) < 4.78 is 1.43. The van der Waals surface area contributed by atoms with Crippen molar-refractivity contribution in [1.82, 2.24) is 19.6 Å². The summed E-state index contributed by atoms with van der Waals surface area (Å²) in [5.74, 6) is 0. The Bertz CT molecular complexity index is 984. The fourth-order valence-corrected chi connectivity index (χ4v) is 2.31. The number of aromatic amines is 1. The van der Waals surface area contributed by atoms with Crippen LogP contribution in [0.3, 0.4) is 0 Å². The molecule has 0 saturated carbocycles. The summed E-state index contributed by atoms with van der Waals surface area (Å²) in [5.41, 5.74) is 3.28. The van der Waals surface area contributed by atoms with Crippen molar-refractivity contribution in [2.75, 3.05) is 0 Å². The third-order valence-corrected chi connectivity index (χ3v) is 3.29. The summed E-state index contributed by atoms with van der Waals surface area (Å²) in [5, 5.41) is 4.13. The molecule has 0 aliphatic rings. The van der Waals surface area contributed by atoms with Crippen molar-refractivity contribution < 1.29 is 0 Å². The van der Waals surface area contributed by atoms with Gasteiger partial charge < -0.3 is 0 Å². The van der Waals surface area contributed by atoms with E-state index < -0.39 is 0 Å². The lowest BCUT2D eigenvalue weighted by atomic mass is 10.1. The molecule has 4 aromatic rings. The molecule has 5 nitrogen and oxygen atoms in total. The van der Waals surface area contributed by atoms with Crippen LogP contribution in [0, 0.1) is 0 Å². The fourth-order valence-electron chi connectivity index (χ4n) is 2.31. The molecular weight excluding hydrogens is 252 g/mol. The molecular formula is C15H10N4O. The van der Waals surface area contributed by atoms with Crippen molar-refractivity contribution in [1.29, 1.82) is 0 Å². The average molecular weight is 262 g/mol. The summed E-state index contributed by atoms with van der Waals surface area (Å²) in [7, 11) is 0. The first-order chi connectivity index (χ1) is 9.81. The van der Waals surface area contributed by atoms with Gasteiger partial charge >= 0.3 is 0 Å². The number of benzene rings is 1. The molecule has 1 aromatic carbocycles. The quantitative estimate of drug-likeness (QED) is 0.572. The molecule has 4 rings (SSSR count). The molecule has 0 radical (unpaired) electrons. The van der Waals surface area contributed by atoms with Crippen LogP contribution >= 0.6 is 0 Å². The van der Waals surface area contributed by atoms with E-state index in [-0.39, 0.29) is 5.56 Å². The average Bonchev–Trinajstić information content (AvgIpc) is 2.92. The molecule has 20 heavy (non-hydrogen) atoms. The van der Waals surface area contributed by atoms with Crippen LogP contribution in [0.2, 0.25) is 0 Å². The third-order valence-electron chi connectivity index (χ3n) is 3.29. The topological polar surface area (TPSA) is 63.0 Å². The lowest BCUT2D eigenvalue weighted by Gasteiger charge is -2.00. The lowest BCUT2D eigenvalue weighted by molar-refractivity contribution is 0.903. The number of hydrogen-bond acceptors (Lipinski definition) is 3. The Morgan fingerprint density at radius 3 is 2.85 bits per heavy atom. The lowest BCUT2D eigenvalue weighted by Crippen LogP contribution is -2.12. The molecule has 5 heteroatoms.